The van der Waals surface area contributed by atoms with E-state index in [-0.39, 0.29) is 0 Å². The predicted molar refractivity (Wildman–Crippen MR) is 88.3 cm³/mol. The molecule has 0 saturated carbocycles. The van der Waals surface area contributed by atoms with Gasteiger partial charge in [0.15, 0.2) is 23.0 Å². The molecule has 0 fully saturated rings. The molecule has 26 heavy (non-hydrogen) atoms. The molecule has 150 valence electrons. The SMILES string of the molecule is CS(=O)(=O)Oc1cc(OS(C)(=O)=O)c(OS(C)(=O)=O)cc1OS(C)(=O)=O. The van der Waals surface area contributed by atoms with Crippen LogP contribution in [0.2, 0.25) is 0 Å². The summed E-state index contributed by atoms with van der Waals surface area (Å²) in [7, 11) is -16.8. The lowest BCUT2D eigenvalue weighted by Gasteiger charge is -2.15. The van der Waals surface area contributed by atoms with Crippen LogP contribution in [0, 0.1) is 0 Å². The first-order chi connectivity index (χ1) is 11.3. The lowest BCUT2D eigenvalue weighted by atomic mass is 10.3. The molecule has 1 rings (SSSR count). The van der Waals surface area contributed by atoms with Crippen molar-refractivity contribution in [1.29, 1.82) is 0 Å². The Labute approximate surface area is 151 Å². The highest BCUT2D eigenvalue weighted by atomic mass is 32.2. The summed E-state index contributed by atoms with van der Waals surface area (Å²) < 4.78 is 109. The molecule has 1 aromatic rings. The van der Waals surface area contributed by atoms with Gasteiger partial charge in [-0.15, -0.1) is 0 Å². The summed E-state index contributed by atoms with van der Waals surface area (Å²) in [5.41, 5.74) is 0. The molecule has 1 aromatic carbocycles. The largest absolute Gasteiger partial charge is 0.378 e. The summed E-state index contributed by atoms with van der Waals surface area (Å²) in [6.45, 7) is 0. The summed E-state index contributed by atoms with van der Waals surface area (Å²) >= 11 is 0. The number of hydrogen-bond acceptors (Lipinski definition) is 12. The standard InChI is InChI=1S/C10H14O12S4/c1-23(11,12)19-7-5-9(21-25(3,15)16)10(22-26(4,17)18)6-8(7)20-24(2,13)14/h5-6H,1-4H3. The van der Waals surface area contributed by atoms with Gasteiger partial charge in [0.05, 0.1) is 25.0 Å². The summed E-state index contributed by atoms with van der Waals surface area (Å²) in [5.74, 6) is -3.12. The Morgan fingerprint density at radius 1 is 0.462 bits per heavy atom. The third-order valence-electron chi connectivity index (χ3n) is 1.97. The molecule has 0 spiro atoms. The fourth-order valence-electron chi connectivity index (χ4n) is 1.44. The molecule has 0 heterocycles. The molecule has 0 amide bonds. The van der Waals surface area contributed by atoms with Gasteiger partial charge in [0.2, 0.25) is 0 Å². The van der Waals surface area contributed by atoms with Crippen LogP contribution in [0.25, 0.3) is 0 Å². The number of hydrogen-bond donors (Lipinski definition) is 0. The highest BCUT2D eigenvalue weighted by Gasteiger charge is 2.24. The first-order valence-electron chi connectivity index (χ1n) is 6.10. The molecule has 0 N–H and O–H groups in total. The van der Waals surface area contributed by atoms with Crippen molar-refractivity contribution in [2.45, 2.75) is 0 Å². The van der Waals surface area contributed by atoms with E-state index in [2.05, 4.69) is 16.7 Å². The maximum absolute atomic E-state index is 11.3. The molecule has 0 unspecified atom stereocenters. The van der Waals surface area contributed by atoms with Gasteiger partial charge in [0.1, 0.15) is 0 Å². The third kappa shape index (κ3) is 8.54. The summed E-state index contributed by atoms with van der Waals surface area (Å²) in [6, 6.07) is 1.17. The van der Waals surface area contributed by atoms with Crippen molar-refractivity contribution in [3.05, 3.63) is 12.1 Å². The molecule has 12 nitrogen and oxygen atoms in total. The first-order valence-corrected chi connectivity index (χ1v) is 13.4. The summed E-state index contributed by atoms with van der Waals surface area (Å²) in [5, 5.41) is 0. The normalized spacial score (nSPS) is 13.1. The van der Waals surface area contributed by atoms with Gasteiger partial charge in [-0.3, -0.25) is 0 Å². The molecule has 0 aliphatic heterocycles. The van der Waals surface area contributed by atoms with Gasteiger partial charge in [-0.05, 0) is 0 Å². The molecular formula is C10H14O12S4. The van der Waals surface area contributed by atoms with E-state index in [1.54, 1.807) is 0 Å². The van der Waals surface area contributed by atoms with Gasteiger partial charge in [0.25, 0.3) is 0 Å². The lowest BCUT2D eigenvalue weighted by Crippen LogP contribution is -2.14. The zero-order chi connectivity index (χ0) is 20.6. The average Bonchev–Trinajstić information content (AvgIpc) is 2.26. The zero-order valence-corrected chi connectivity index (χ0v) is 17.0. The second kappa shape index (κ2) is 7.09. The molecule has 0 aromatic heterocycles. The van der Waals surface area contributed by atoms with Gasteiger partial charge in [0, 0.05) is 12.1 Å². The van der Waals surface area contributed by atoms with Crippen molar-refractivity contribution in [2.24, 2.45) is 0 Å². The minimum Gasteiger partial charge on any atom is -0.378 e. The first kappa shape index (κ1) is 22.3. The van der Waals surface area contributed by atoms with Crippen LogP contribution in [0.3, 0.4) is 0 Å². The fourth-order valence-corrected chi connectivity index (χ4v) is 3.26. The van der Waals surface area contributed by atoms with Gasteiger partial charge >= 0.3 is 40.5 Å². The Hall–Kier alpha value is -1.78. The van der Waals surface area contributed by atoms with Crippen molar-refractivity contribution in [1.82, 2.24) is 0 Å². The molecule has 0 aliphatic rings. The van der Waals surface area contributed by atoms with Crippen LogP contribution in [-0.2, 0) is 40.5 Å². The lowest BCUT2D eigenvalue weighted by molar-refractivity contribution is 0.436. The maximum atomic E-state index is 11.3. The van der Waals surface area contributed by atoms with Gasteiger partial charge in [-0.2, -0.15) is 33.7 Å². The monoisotopic (exact) mass is 454 g/mol. The van der Waals surface area contributed by atoms with Crippen molar-refractivity contribution in [3.8, 4) is 23.0 Å². The Morgan fingerprint density at radius 3 is 0.731 bits per heavy atom. The highest BCUT2D eigenvalue weighted by Crippen LogP contribution is 2.41. The Morgan fingerprint density at radius 2 is 0.615 bits per heavy atom. The number of rotatable bonds is 8. The van der Waals surface area contributed by atoms with E-state index in [4.69, 9.17) is 0 Å². The van der Waals surface area contributed by atoms with E-state index in [1.807, 2.05) is 0 Å². The summed E-state index contributed by atoms with van der Waals surface area (Å²) in [4.78, 5) is 0. The van der Waals surface area contributed by atoms with Crippen LogP contribution in [-0.4, -0.2) is 58.7 Å². The Bertz CT molecular complexity index is 932. The van der Waals surface area contributed by atoms with Gasteiger partial charge < -0.3 is 16.7 Å². The molecule has 0 atom stereocenters. The van der Waals surface area contributed by atoms with E-state index >= 15 is 0 Å². The Balaban J connectivity index is 3.73. The van der Waals surface area contributed by atoms with Crippen LogP contribution in [0.15, 0.2) is 12.1 Å². The summed E-state index contributed by atoms with van der Waals surface area (Å²) in [6.07, 6.45) is 2.48. The maximum Gasteiger partial charge on any atom is 0.306 e. The average molecular weight is 454 g/mol. The fraction of sp³-hybridized carbons (Fsp3) is 0.400. The predicted octanol–water partition coefficient (Wildman–Crippen LogP) is -0.960. The van der Waals surface area contributed by atoms with E-state index < -0.39 is 63.5 Å². The quantitative estimate of drug-likeness (QED) is 0.441. The van der Waals surface area contributed by atoms with E-state index in [0.717, 1.165) is 0 Å². The minimum absolute atomic E-state index is 0.586. The van der Waals surface area contributed by atoms with Gasteiger partial charge in [-0.25, -0.2) is 0 Å². The third-order valence-corrected chi connectivity index (χ3v) is 3.90. The van der Waals surface area contributed by atoms with Crippen LogP contribution >= 0.6 is 0 Å². The smallest absolute Gasteiger partial charge is 0.306 e. The zero-order valence-electron chi connectivity index (χ0n) is 13.7. The van der Waals surface area contributed by atoms with Crippen LogP contribution < -0.4 is 16.7 Å². The van der Waals surface area contributed by atoms with Crippen LogP contribution in [0.4, 0.5) is 0 Å². The van der Waals surface area contributed by atoms with Crippen molar-refractivity contribution >= 4 is 40.5 Å². The minimum atomic E-state index is -4.20. The van der Waals surface area contributed by atoms with Crippen molar-refractivity contribution in [2.75, 3.05) is 25.0 Å². The van der Waals surface area contributed by atoms with E-state index in [0.29, 0.717) is 37.2 Å². The molecule has 0 radical (unpaired) electrons. The molecule has 0 saturated heterocycles. The number of benzene rings is 1. The topological polar surface area (TPSA) is 173 Å². The van der Waals surface area contributed by atoms with Crippen LogP contribution in [0.5, 0.6) is 23.0 Å². The van der Waals surface area contributed by atoms with Gasteiger partial charge in [-0.1, -0.05) is 0 Å². The molecule has 16 heteroatoms. The Kier molecular flexibility index (Phi) is 6.07. The molecule has 0 bridgehead atoms. The highest BCUT2D eigenvalue weighted by molar-refractivity contribution is 7.87. The second-order valence-electron chi connectivity index (χ2n) is 4.90. The molecule has 0 aliphatic carbocycles. The second-order valence-corrected chi connectivity index (χ2v) is 11.2. The van der Waals surface area contributed by atoms with Crippen molar-refractivity contribution in [3.63, 3.8) is 0 Å². The van der Waals surface area contributed by atoms with Crippen molar-refractivity contribution < 1.29 is 50.4 Å². The van der Waals surface area contributed by atoms with Crippen LogP contribution in [0.1, 0.15) is 0 Å². The molecular weight excluding hydrogens is 440 g/mol. The van der Waals surface area contributed by atoms with E-state index in [1.165, 1.54) is 0 Å². The van der Waals surface area contributed by atoms with E-state index in [9.17, 15) is 33.7 Å².